The number of nitrogens with one attached hydrogen (secondary N) is 1. The fourth-order valence-corrected chi connectivity index (χ4v) is 4.92. The average molecular weight is 759 g/mol. The Morgan fingerprint density at radius 2 is 1.48 bits per heavy atom. The van der Waals surface area contributed by atoms with Crippen LogP contribution in [0.5, 0.6) is 5.75 Å². The van der Waals surface area contributed by atoms with Crippen LogP contribution in [0.15, 0.2) is 6.07 Å². The summed E-state index contributed by atoms with van der Waals surface area (Å²) >= 11 is 4.56. The molecule has 1 aromatic carbocycles. The topological polar surface area (TPSA) is 104 Å². The van der Waals surface area contributed by atoms with Crippen molar-refractivity contribution in [1.82, 2.24) is 5.32 Å². The van der Waals surface area contributed by atoms with Gasteiger partial charge in [0, 0.05) is 3.57 Å². The summed E-state index contributed by atoms with van der Waals surface area (Å²) in [5.41, 5.74) is -6.01. The standard InChI is InChI=1S/C11H6F6I3NO5S/c12-10(13,14)9(11(15,16)17,2-27(24,25)26)21-8(23)3-1-4(18)6(20)7(22)5(3)19/h1,22H,2H2,(H,21,23)(H,24,25,26). The van der Waals surface area contributed by atoms with Crippen LogP contribution >= 0.6 is 67.8 Å². The molecule has 0 radical (unpaired) electrons. The van der Waals surface area contributed by atoms with Gasteiger partial charge in [-0.15, -0.1) is 0 Å². The molecule has 16 heteroatoms. The van der Waals surface area contributed by atoms with Crippen molar-refractivity contribution in [3.05, 3.63) is 22.3 Å². The minimum Gasteiger partial charge on any atom is -0.506 e. The third kappa shape index (κ3) is 5.41. The number of halogens is 9. The predicted octanol–water partition coefficient (Wildman–Crippen LogP) is 3.69. The van der Waals surface area contributed by atoms with Gasteiger partial charge in [-0.05, 0) is 73.8 Å². The van der Waals surface area contributed by atoms with Gasteiger partial charge in [-0.3, -0.25) is 9.35 Å². The van der Waals surface area contributed by atoms with Crippen molar-refractivity contribution in [1.29, 1.82) is 0 Å². The lowest BCUT2D eigenvalue weighted by molar-refractivity contribution is -0.296. The molecule has 1 rings (SSSR count). The number of carbonyl (C=O) groups is 1. The SMILES string of the molecule is O=C(NC(CS(=O)(=O)O)(C(F)(F)F)C(F)(F)F)c1cc(I)c(I)c(O)c1I. The first-order valence-electron chi connectivity index (χ1n) is 6.11. The fourth-order valence-electron chi connectivity index (χ4n) is 1.79. The largest absolute Gasteiger partial charge is 0.506 e. The Morgan fingerprint density at radius 3 is 1.85 bits per heavy atom. The van der Waals surface area contributed by atoms with Crippen LogP contribution in [0.25, 0.3) is 0 Å². The van der Waals surface area contributed by atoms with Crippen LogP contribution in [0.1, 0.15) is 10.4 Å². The van der Waals surface area contributed by atoms with Crippen LogP contribution in [0.4, 0.5) is 26.3 Å². The maximum absolute atomic E-state index is 13.2. The number of amides is 1. The van der Waals surface area contributed by atoms with Crippen molar-refractivity contribution >= 4 is 83.8 Å². The number of hydrogen-bond acceptors (Lipinski definition) is 4. The van der Waals surface area contributed by atoms with E-state index in [1.807, 2.05) is 0 Å². The molecule has 0 unspecified atom stereocenters. The second-order valence-electron chi connectivity index (χ2n) is 4.96. The first-order valence-corrected chi connectivity index (χ1v) is 11.0. The van der Waals surface area contributed by atoms with E-state index in [1.54, 1.807) is 45.2 Å². The lowest BCUT2D eigenvalue weighted by Gasteiger charge is -2.36. The number of carbonyl (C=O) groups excluding carboxylic acids is 1. The number of aromatic hydroxyl groups is 1. The normalized spacial score (nSPS) is 13.6. The van der Waals surface area contributed by atoms with Gasteiger partial charge in [-0.1, -0.05) is 0 Å². The molecular weight excluding hydrogens is 753 g/mol. The highest BCUT2D eigenvalue weighted by molar-refractivity contribution is 14.1. The van der Waals surface area contributed by atoms with Gasteiger partial charge in [0.1, 0.15) is 11.5 Å². The van der Waals surface area contributed by atoms with Crippen LogP contribution in [-0.2, 0) is 10.1 Å². The van der Waals surface area contributed by atoms with Crippen molar-refractivity contribution in [3.8, 4) is 5.75 Å². The molecule has 27 heavy (non-hydrogen) atoms. The van der Waals surface area contributed by atoms with E-state index in [1.165, 1.54) is 22.6 Å². The average Bonchev–Trinajstić information content (AvgIpc) is 2.44. The van der Waals surface area contributed by atoms with E-state index in [-0.39, 0.29) is 10.7 Å². The zero-order valence-corrected chi connectivity index (χ0v) is 19.5. The maximum atomic E-state index is 13.2. The molecule has 6 nitrogen and oxygen atoms in total. The van der Waals surface area contributed by atoms with E-state index in [4.69, 9.17) is 4.55 Å². The number of alkyl halides is 6. The quantitative estimate of drug-likeness (QED) is 0.188. The van der Waals surface area contributed by atoms with Gasteiger partial charge >= 0.3 is 12.4 Å². The van der Waals surface area contributed by atoms with Gasteiger partial charge in [0.15, 0.2) is 0 Å². The summed E-state index contributed by atoms with van der Waals surface area (Å²) < 4.78 is 110. The first kappa shape index (κ1) is 25.2. The molecule has 3 N–H and O–H groups in total. The summed E-state index contributed by atoms with van der Waals surface area (Å²) in [5, 5.41) is 10.5. The highest BCUT2D eigenvalue weighted by Gasteiger charge is 2.73. The van der Waals surface area contributed by atoms with E-state index in [9.17, 15) is 44.7 Å². The third-order valence-corrected chi connectivity index (χ3v) is 7.94. The molecule has 0 aliphatic rings. The summed E-state index contributed by atoms with van der Waals surface area (Å²) in [4.78, 5) is 12.2. The zero-order valence-electron chi connectivity index (χ0n) is 12.2. The van der Waals surface area contributed by atoms with Crippen molar-refractivity contribution < 1.29 is 49.2 Å². The first-order chi connectivity index (χ1) is 11.8. The Hall–Kier alpha value is 0.170. The highest BCUT2D eigenvalue weighted by Crippen LogP contribution is 2.44. The van der Waals surface area contributed by atoms with Gasteiger partial charge in [0.05, 0.1) is 12.7 Å². The van der Waals surface area contributed by atoms with Gasteiger partial charge in [0.2, 0.25) is 5.54 Å². The Labute approximate surface area is 188 Å². The molecule has 0 heterocycles. The number of rotatable bonds is 4. The van der Waals surface area contributed by atoms with E-state index < -0.39 is 51.0 Å². The molecule has 0 aliphatic heterocycles. The monoisotopic (exact) mass is 759 g/mol. The van der Waals surface area contributed by atoms with Gasteiger partial charge in [-0.25, -0.2) is 0 Å². The summed E-state index contributed by atoms with van der Waals surface area (Å²) in [5.74, 6) is -5.36. The van der Waals surface area contributed by atoms with Gasteiger partial charge < -0.3 is 10.4 Å². The number of hydrogen-bond donors (Lipinski definition) is 3. The van der Waals surface area contributed by atoms with Crippen molar-refractivity contribution in [2.45, 2.75) is 17.9 Å². The molecule has 0 atom stereocenters. The van der Waals surface area contributed by atoms with Crippen LogP contribution in [0.2, 0.25) is 0 Å². The minimum atomic E-state index is -6.32. The summed E-state index contributed by atoms with van der Waals surface area (Å²) in [6.45, 7) is 0. The zero-order chi connectivity index (χ0) is 21.6. The van der Waals surface area contributed by atoms with Crippen molar-refractivity contribution in [3.63, 3.8) is 0 Å². The smallest absolute Gasteiger partial charge is 0.421 e. The van der Waals surface area contributed by atoms with Gasteiger partial charge in [-0.2, -0.15) is 34.8 Å². The molecule has 0 spiro atoms. The van der Waals surface area contributed by atoms with Crippen molar-refractivity contribution in [2.24, 2.45) is 0 Å². The number of phenolic OH excluding ortho intramolecular Hbond substituents is 1. The van der Waals surface area contributed by atoms with Crippen LogP contribution in [-0.4, -0.2) is 47.6 Å². The van der Waals surface area contributed by atoms with Gasteiger partial charge in [0.25, 0.3) is 16.0 Å². The van der Waals surface area contributed by atoms with E-state index in [0.717, 1.165) is 6.07 Å². The summed E-state index contributed by atoms with van der Waals surface area (Å²) in [7, 11) is -5.82. The Balaban J connectivity index is 3.63. The number of benzene rings is 1. The molecule has 1 amide bonds. The molecule has 154 valence electrons. The van der Waals surface area contributed by atoms with E-state index in [0.29, 0.717) is 5.32 Å². The molecule has 0 aromatic heterocycles. The van der Waals surface area contributed by atoms with Crippen LogP contribution in [0.3, 0.4) is 0 Å². The number of phenols is 1. The minimum absolute atomic E-state index is 0.149. The lowest BCUT2D eigenvalue weighted by atomic mass is 9.99. The predicted molar refractivity (Wildman–Crippen MR) is 105 cm³/mol. The highest BCUT2D eigenvalue weighted by atomic mass is 127. The molecule has 0 bridgehead atoms. The third-order valence-electron chi connectivity index (χ3n) is 3.07. The van der Waals surface area contributed by atoms with Crippen molar-refractivity contribution in [2.75, 3.05) is 5.75 Å². The molecule has 0 saturated heterocycles. The molecule has 1 aromatic rings. The summed E-state index contributed by atoms with van der Waals surface area (Å²) in [6, 6.07) is 0.921. The van der Waals surface area contributed by atoms with Crippen LogP contribution < -0.4 is 5.32 Å². The van der Waals surface area contributed by atoms with E-state index >= 15 is 0 Å². The maximum Gasteiger partial charge on any atom is 0.421 e. The molecule has 0 aliphatic carbocycles. The fraction of sp³-hybridized carbons (Fsp3) is 0.364. The van der Waals surface area contributed by atoms with Crippen LogP contribution in [0, 0.1) is 10.7 Å². The Kier molecular flexibility index (Phi) is 7.59. The molecule has 0 saturated carbocycles. The second kappa shape index (κ2) is 8.13. The Morgan fingerprint density at radius 1 is 1.04 bits per heavy atom. The summed E-state index contributed by atoms with van der Waals surface area (Å²) in [6.07, 6.45) is -12.6. The second-order valence-corrected chi connectivity index (χ2v) is 9.74. The molecule has 0 fully saturated rings. The lowest BCUT2D eigenvalue weighted by Crippen LogP contribution is -2.70. The molecular formula is C11H6F6I3NO5S. The van der Waals surface area contributed by atoms with E-state index in [2.05, 4.69) is 0 Å². The Bertz CT molecular complexity index is 857.